The highest BCUT2D eigenvalue weighted by Gasteiger charge is 2.21. The summed E-state index contributed by atoms with van der Waals surface area (Å²) in [5, 5.41) is 14.0. The van der Waals surface area contributed by atoms with Crippen LogP contribution in [0.2, 0.25) is 0 Å². The van der Waals surface area contributed by atoms with Gasteiger partial charge >= 0.3 is 5.69 Å². The molecule has 1 aromatic rings. The first-order chi connectivity index (χ1) is 9.10. The van der Waals surface area contributed by atoms with Crippen molar-refractivity contribution in [3.63, 3.8) is 0 Å². The van der Waals surface area contributed by atoms with Crippen molar-refractivity contribution < 1.29 is 9.31 Å². The Hall–Kier alpha value is -1.65. The summed E-state index contributed by atoms with van der Waals surface area (Å²) in [5.41, 5.74) is 0.169. The van der Waals surface area contributed by atoms with E-state index in [1.54, 1.807) is 6.07 Å². The van der Waals surface area contributed by atoms with Gasteiger partial charge < -0.3 is 5.32 Å². The molecule has 1 aliphatic rings. The number of nitro groups is 1. The highest BCUT2D eigenvalue weighted by atomic mass is 19.1. The van der Waals surface area contributed by atoms with Crippen molar-refractivity contribution in [3.8, 4) is 0 Å². The van der Waals surface area contributed by atoms with Gasteiger partial charge in [0.1, 0.15) is 0 Å². The van der Waals surface area contributed by atoms with E-state index in [2.05, 4.69) is 12.2 Å². The van der Waals surface area contributed by atoms with E-state index in [9.17, 15) is 14.5 Å². The van der Waals surface area contributed by atoms with E-state index in [1.807, 2.05) is 0 Å². The van der Waals surface area contributed by atoms with Gasteiger partial charge in [0.2, 0.25) is 5.82 Å². The molecule has 1 N–H and O–H groups in total. The summed E-state index contributed by atoms with van der Waals surface area (Å²) in [6, 6.07) is 4.34. The molecule has 0 spiro atoms. The molecule has 0 amide bonds. The van der Waals surface area contributed by atoms with Gasteiger partial charge in [0.25, 0.3) is 0 Å². The van der Waals surface area contributed by atoms with Crippen molar-refractivity contribution >= 4 is 11.4 Å². The number of hydrogen-bond acceptors (Lipinski definition) is 3. The summed E-state index contributed by atoms with van der Waals surface area (Å²) in [5.74, 6) is -0.0627. The molecule has 19 heavy (non-hydrogen) atoms. The number of halogens is 1. The maximum atomic E-state index is 13.2. The first-order valence-electron chi connectivity index (χ1n) is 6.80. The predicted molar refractivity (Wildman–Crippen MR) is 72.7 cm³/mol. The highest BCUT2D eigenvalue weighted by molar-refractivity contribution is 5.52. The fourth-order valence-electron chi connectivity index (χ4n) is 2.77. The molecule has 0 radical (unpaired) electrons. The predicted octanol–water partition coefficient (Wildman–Crippen LogP) is 4.11. The minimum absolute atomic E-state index is 0.337. The Morgan fingerprint density at radius 2 is 2.26 bits per heavy atom. The van der Waals surface area contributed by atoms with Crippen LogP contribution in [0, 0.1) is 21.8 Å². The lowest BCUT2D eigenvalue weighted by Gasteiger charge is -2.29. The quantitative estimate of drug-likeness (QED) is 0.659. The molecule has 1 aliphatic carbocycles. The van der Waals surface area contributed by atoms with E-state index in [4.69, 9.17) is 0 Å². The van der Waals surface area contributed by atoms with E-state index in [-0.39, 0.29) is 0 Å². The Morgan fingerprint density at radius 1 is 1.47 bits per heavy atom. The van der Waals surface area contributed by atoms with Gasteiger partial charge in [0.15, 0.2) is 0 Å². The van der Waals surface area contributed by atoms with E-state index in [0.29, 0.717) is 11.7 Å². The van der Waals surface area contributed by atoms with E-state index in [1.165, 1.54) is 25.3 Å². The van der Waals surface area contributed by atoms with Crippen molar-refractivity contribution in [1.29, 1.82) is 0 Å². The summed E-state index contributed by atoms with van der Waals surface area (Å²) in [6.45, 7) is 2.19. The molecular formula is C14H19FN2O2. The minimum Gasteiger partial charge on any atom is -0.382 e. The van der Waals surface area contributed by atoms with Crippen molar-refractivity contribution in [3.05, 3.63) is 34.1 Å². The van der Waals surface area contributed by atoms with Gasteiger partial charge in [-0.1, -0.05) is 26.2 Å². The molecule has 5 heteroatoms. The third kappa shape index (κ3) is 3.43. The molecule has 1 aromatic carbocycles. The number of anilines is 1. The summed E-state index contributed by atoms with van der Waals surface area (Å²) < 4.78 is 13.2. The maximum Gasteiger partial charge on any atom is 0.306 e. The SMILES string of the molecule is CCC1CCCC(Nc2ccc(F)c([N+](=O)[O-])c2)C1. The zero-order valence-corrected chi connectivity index (χ0v) is 11.1. The van der Waals surface area contributed by atoms with E-state index in [0.717, 1.165) is 24.8 Å². The van der Waals surface area contributed by atoms with Crippen LogP contribution in [0.25, 0.3) is 0 Å². The van der Waals surface area contributed by atoms with Gasteiger partial charge in [-0.15, -0.1) is 0 Å². The normalized spacial score (nSPS) is 23.1. The Kier molecular flexibility index (Phi) is 4.35. The lowest BCUT2D eigenvalue weighted by molar-refractivity contribution is -0.387. The Bertz CT molecular complexity index is 465. The van der Waals surface area contributed by atoms with Crippen LogP contribution in [0.1, 0.15) is 39.0 Å². The lowest BCUT2D eigenvalue weighted by Crippen LogP contribution is -2.27. The number of nitro benzene ring substituents is 1. The van der Waals surface area contributed by atoms with Crippen LogP contribution in [0.3, 0.4) is 0 Å². The number of rotatable bonds is 4. The van der Waals surface area contributed by atoms with Gasteiger partial charge in [-0.05, 0) is 30.9 Å². The van der Waals surface area contributed by atoms with Gasteiger partial charge in [0, 0.05) is 17.8 Å². The molecular weight excluding hydrogens is 247 g/mol. The van der Waals surface area contributed by atoms with Crippen LogP contribution in [-0.4, -0.2) is 11.0 Å². The molecule has 0 heterocycles. The Morgan fingerprint density at radius 3 is 2.95 bits per heavy atom. The molecule has 2 atom stereocenters. The molecule has 1 fully saturated rings. The molecule has 4 nitrogen and oxygen atoms in total. The zero-order chi connectivity index (χ0) is 13.8. The average Bonchev–Trinajstić information content (AvgIpc) is 2.41. The van der Waals surface area contributed by atoms with Gasteiger partial charge in [-0.3, -0.25) is 10.1 Å². The second kappa shape index (κ2) is 5.99. The van der Waals surface area contributed by atoms with Gasteiger partial charge in [-0.25, -0.2) is 0 Å². The fourth-order valence-corrected chi connectivity index (χ4v) is 2.77. The maximum absolute atomic E-state index is 13.2. The molecule has 0 saturated heterocycles. The Balaban J connectivity index is 2.06. The van der Waals surface area contributed by atoms with Crippen molar-refractivity contribution in [2.75, 3.05) is 5.32 Å². The monoisotopic (exact) mass is 266 g/mol. The minimum atomic E-state index is -0.786. The third-order valence-electron chi connectivity index (χ3n) is 3.87. The molecule has 0 aromatic heterocycles. The molecule has 1 saturated carbocycles. The third-order valence-corrected chi connectivity index (χ3v) is 3.87. The fraction of sp³-hybridized carbons (Fsp3) is 0.571. The second-order valence-electron chi connectivity index (χ2n) is 5.21. The molecule has 0 bridgehead atoms. The van der Waals surface area contributed by atoms with E-state index < -0.39 is 16.4 Å². The molecule has 104 valence electrons. The van der Waals surface area contributed by atoms with Gasteiger partial charge in [-0.2, -0.15) is 4.39 Å². The standard InChI is InChI=1S/C14H19FN2O2/c1-2-10-4-3-5-11(8-10)16-12-6-7-13(15)14(9-12)17(18)19/h6-7,9-11,16H,2-5,8H2,1H3. The first-order valence-corrected chi connectivity index (χ1v) is 6.80. The number of nitrogens with zero attached hydrogens (tertiary/aromatic N) is 1. The zero-order valence-electron chi connectivity index (χ0n) is 11.1. The second-order valence-corrected chi connectivity index (χ2v) is 5.21. The largest absolute Gasteiger partial charge is 0.382 e. The lowest BCUT2D eigenvalue weighted by atomic mass is 9.84. The Labute approximate surface area is 112 Å². The van der Waals surface area contributed by atoms with Crippen LogP contribution in [0.5, 0.6) is 0 Å². The summed E-state index contributed by atoms with van der Waals surface area (Å²) >= 11 is 0. The summed E-state index contributed by atoms with van der Waals surface area (Å²) in [4.78, 5) is 10.0. The van der Waals surface area contributed by atoms with Gasteiger partial charge in [0.05, 0.1) is 4.92 Å². The van der Waals surface area contributed by atoms with Crippen molar-refractivity contribution in [2.24, 2.45) is 5.92 Å². The van der Waals surface area contributed by atoms with E-state index >= 15 is 0 Å². The first kappa shape index (κ1) is 13.8. The van der Waals surface area contributed by atoms with Crippen molar-refractivity contribution in [1.82, 2.24) is 0 Å². The van der Waals surface area contributed by atoms with Crippen LogP contribution in [-0.2, 0) is 0 Å². The van der Waals surface area contributed by atoms with Crippen molar-refractivity contribution in [2.45, 2.75) is 45.1 Å². The smallest absolute Gasteiger partial charge is 0.306 e. The number of benzene rings is 1. The van der Waals surface area contributed by atoms with Crippen LogP contribution < -0.4 is 5.32 Å². The summed E-state index contributed by atoms with van der Waals surface area (Å²) in [6.07, 6.45) is 5.77. The highest BCUT2D eigenvalue weighted by Crippen LogP contribution is 2.30. The molecule has 2 rings (SSSR count). The van der Waals surface area contributed by atoms with Crippen LogP contribution in [0.4, 0.5) is 15.8 Å². The molecule has 2 unspecified atom stereocenters. The molecule has 0 aliphatic heterocycles. The number of hydrogen-bond donors (Lipinski definition) is 1. The number of nitrogens with one attached hydrogen (secondary N) is 1. The topological polar surface area (TPSA) is 55.2 Å². The summed E-state index contributed by atoms with van der Waals surface area (Å²) in [7, 11) is 0. The average molecular weight is 266 g/mol. The van der Waals surface area contributed by atoms with Crippen LogP contribution in [0.15, 0.2) is 18.2 Å². The van der Waals surface area contributed by atoms with Crippen LogP contribution >= 0.6 is 0 Å².